The van der Waals surface area contributed by atoms with Crippen molar-refractivity contribution < 1.29 is 4.74 Å². The zero-order valence-corrected chi connectivity index (χ0v) is 11.7. The number of ether oxygens (including phenoxy) is 1. The number of rotatable bonds is 7. The van der Waals surface area contributed by atoms with Crippen molar-refractivity contribution in [2.45, 2.75) is 52.7 Å². The second kappa shape index (κ2) is 6.17. The minimum atomic E-state index is -0.00995. The Bertz CT molecular complexity index is 344. The average Bonchev–Trinajstić information content (AvgIpc) is 2.69. The van der Waals surface area contributed by atoms with Gasteiger partial charge in [-0.15, -0.1) is 0 Å². The summed E-state index contributed by atoms with van der Waals surface area (Å²) < 4.78 is 7.26. The number of nitrogens with zero attached hydrogens (tertiary/aromatic N) is 2. The first-order valence-electron chi connectivity index (χ1n) is 6.32. The van der Waals surface area contributed by atoms with Crippen molar-refractivity contribution in [1.82, 2.24) is 15.1 Å². The molecule has 1 rings (SSSR count). The molecule has 0 atom stereocenters. The number of hydrogen-bond acceptors (Lipinski definition) is 3. The quantitative estimate of drug-likeness (QED) is 0.791. The van der Waals surface area contributed by atoms with Gasteiger partial charge in [0.25, 0.3) is 0 Å². The van der Waals surface area contributed by atoms with Crippen molar-refractivity contribution >= 4 is 0 Å². The first-order valence-corrected chi connectivity index (χ1v) is 6.32. The Balaban J connectivity index is 2.64. The minimum absolute atomic E-state index is 0.00995. The molecule has 0 aromatic carbocycles. The Kier molecular flexibility index (Phi) is 5.15. The molecule has 0 saturated heterocycles. The molecule has 4 heteroatoms. The molecular formula is C13H25N3O. The highest BCUT2D eigenvalue weighted by Gasteiger charge is 2.17. The highest BCUT2D eigenvalue weighted by atomic mass is 16.5. The van der Waals surface area contributed by atoms with Crippen LogP contribution in [-0.4, -0.2) is 29.0 Å². The topological polar surface area (TPSA) is 39.1 Å². The molecular weight excluding hydrogens is 214 g/mol. The van der Waals surface area contributed by atoms with E-state index in [2.05, 4.69) is 48.9 Å². The molecule has 1 N–H and O–H groups in total. The summed E-state index contributed by atoms with van der Waals surface area (Å²) in [6.45, 7) is 11.0. The third-order valence-corrected chi connectivity index (χ3v) is 2.83. The number of aromatic nitrogens is 2. The summed E-state index contributed by atoms with van der Waals surface area (Å²) in [7, 11) is 1.73. The van der Waals surface area contributed by atoms with Gasteiger partial charge in [0.1, 0.15) is 0 Å². The van der Waals surface area contributed by atoms with Gasteiger partial charge in [0.05, 0.1) is 18.0 Å². The molecule has 0 radical (unpaired) electrons. The lowest BCUT2D eigenvalue weighted by Gasteiger charge is -2.25. The van der Waals surface area contributed by atoms with E-state index in [-0.39, 0.29) is 5.54 Å². The van der Waals surface area contributed by atoms with Crippen LogP contribution in [0.1, 0.15) is 39.1 Å². The Hall–Kier alpha value is -0.870. The second-order valence-electron chi connectivity index (χ2n) is 4.97. The van der Waals surface area contributed by atoms with Gasteiger partial charge in [-0.1, -0.05) is 6.92 Å². The zero-order valence-electron chi connectivity index (χ0n) is 11.7. The lowest BCUT2D eigenvalue weighted by atomic mass is 10.1. The fourth-order valence-corrected chi connectivity index (χ4v) is 1.85. The van der Waals surface area contributed by atoms with Gasteiger partial charge in [0.2, 0.25) is 0 Å². The number of hydrogen-bond donors (Lipinski definition) is 1. The van der Waals surface area contributed by atoms with Crippen LogP contribution in [0.15, 0.2) is 6.07 Å². The number of aryl methyl sites for hydroxylation is 2. The third-order valence-electron chi connectivity index (χ3n) is 2.83. The maximum atomic E-state index is 5.19. The van der Waals surface area contributed by atoms with Crippen LogP contribution >= 0.6 is 0 Å². The van der Waals surface area contributed by atoms with Gasteiger partial charge in [0, 0.05) is 25.7 Å². The van der Waals surface area contributed by atoms with E-state index in [1.165, 1.54) is 5.69 Å². The molecule has 0 amide bonds. The minimum Gasteiger partial charge on any atom is -0.383 e. The highest BCUT2D eigenvalue weighted by Crippen LogP contribution is 2.09. The molecule has 0 saturated carbocycles. The standard InChI is InChI=1S/C13H25N3O/c1-6-11-8-12(16(7-2)15-11)9-14-13(3,4)10-17-5/h8,14H,6-7,9-10H2,1-5H3. The van der Waals surface area contributed by atoms with Gasteiger partial charge >= 0.3 is 0 Å². The van der Waals surface area contributed by atoms with E-state index in [4.69, 9.17) is 4.74 Å². The van der Waals surface area contributed by atoms with Crippen molar-refractivity contribution in [3.63, 3.8) is 0 Å². The lowest BCUT2D eigenvalue weighted by molar-refractivity contribution is 0.127. The van der Waals surface area contributed by atoms with Crippen LogP contribution in [0.25, 0.3) is 0 Å². The summed E-state index contributed by atoms with van der Waals surface area (Å²) in [4.78, 5) is 0. The van der Waals surface area contributed by atoms with Crippen molar-refractivity contribution in [2.75, 3.05) is 13.7 Å². The van der Waals surface area contributed by atoms with E-state index in [1.807, 2.05) is 0 Å². The van der Waals surface area contributed by atoms with Crippen LogP contribution in [0.2, 0.25) is 0 Å². The van der Waals surface area contributed by atoms with Gasteiger partial charge in [0.15, 0.2) is 0 Å². The summed E-state index contributed by atoms with van der Waals surface area (Å²) in [6, 6.07) is 2.18. The number of nitrogens with one attached hydrogen (secondary N) is 1. The van der Waals surface area contributed by atoms with E-state index in [0.717, 1.165) is 25.2 Å². The number of methoxy groups -OCH3 is 1. The molecule has 1 aromatic rings. The van der Waals surface area contributed by atoms with Crippen molar-refractivity contribution in [2.24, 2.45) is 0 Å². The van der Waals surface area contributed by atoms with Crippen molar-refractivity contribution in [3.05, 3.63) is 17.5 Å². The van der Waals surface area contributed by atoms with Crippen LogP contribution in [0.4, 0.5) is 0 Å². The molecule has 0 bridgehead atoms. The van der Waals surface area contributed by atoms with Crippen molar-refractivity contribution in [3.8, 4) is 0 Å². The summed E-state index contributed by atoms with van der Waals surface area (Å²) in [5.74, 6) is 0. The molecule has 0 aliphatic heterocycles. The van der Waals surface area contributed by atoms with Gasteiger partial charge in [-0.3, -0.25) is 4.68 Å². The van der Waals surface area contributed by atoms with Crippen molar-refractivity contribution in [1.29, 1.82) is 0 Å². The summed E-state index contributed by atoms with van der Waals surface area (Å²) in [6.07, 6.45) is 0.988. The molecule has 0 unspecified atom stereocenters. The molecule has 1 heterocycles. The van der Waals surface area contributed by atoms with Crippen LogP contribution < -0.4 is 5.32 Å². The highest BCUT2D eigenvalue weighted by molar-refractivity contribution is 5.10. The van der Waals surface area contributed by atoms with E-state index in [1.54, 1.807) is 7.11 Å². The normalized spacial score (nSPS) is 12.1. The van der Waals surface area contributed by atoms with Gasteiger partial charge in [-0.2, -0.15) is 5.10 Å². The van der Waals surface area contributed by atoms with Gasteiger partial charge < -0.3 is 10.1 Å². The summed E-state index contributed by atoms with van der Waals surface area (Å²) in [5.41, 5.74) is 2.39. The third kappa shape index (κ3) is 4.13. The first-order chi connectivity index (χ1) is 8.02. The molecule has 98 valence electrons. The molecule has 4 nitrogen and oxygen atoms in total. The van der Waals surface area contributed by atoms with E-state index in [9.17, 15) is 0 Å². The van der Waals surface area contributed by atoms with E-state index >= 15 is 0 Å². The fraction of sp³-hybridized carbons (Fsp3) is 0.769. The molecule has 0 aliphatic carbocycles. The maximum absolute atomic E-state index is 5.19. The van der Waals surface area contributed by atoms with E-state index < -0.39 is 0 Å². The largest absolute Gasteiger partial charge is 0.383 e. The summed E-state index contributed by atoms with van der Waals surface area (Å²) >= 11 is 0. The van der Waals surface area contributed by atoms with Crippen LogP contribution in [0.5, 0.6) is 0 Å². The fourth-order valence-electron chi connectivity index (χ4n) is 1.85. The predicted molar refractivity (Wildman–Crippen MR) is 70.1 cm³/mol. The molecule has 0 fully saturated rings. The monoisotopic (exact) mass is 239 g/mol. The zero-order chi connectivity index (χ0) is 12.9. The predicted octanol–water partition coefficient (Wildman–Crippen LogP) is 1.98. The average molecular weight is 239 g/mol. The van der Waals surface area contributed by atoms with Gasteiger partial charge in [-0.05, 0) is 33.3 Å². The first kappa shape index (κ1) is 14.2. The lowest BCUT2D eigenvalue weighted by Crippen LogP contribution is -2.43. The van der Waals surface area contributed by atoms with Crippen LogP contribution in [-0.2, 0) is 24.2 Å². The Morgan fingerprint density at radius 2 is 2.12 bits per heavy atom. The smallest absolute Gasteiger partial charge is 0.0639 e. The molecule has 17 heavy (non-hydrogen) atoms. The second-order valence-corrected chi connectivity index (χ2v) is 4.97. The van der Waals surface area contributed by atoms with Crippen LogP contribution in [0, 0.1) is 0 Å². The Morgan fingerprint density at radius 1 is 1.41 bits per heavy atom. The summed E-state index contributed by atoms with van der Waals surface area (Å²) in [5, 5.41) is 8.04. The van der Waals surface area contributed by atoms with Crippen LogP contribution in [0.3, 0.4) is 0 Å². The molecule has 0 spiro atoms. The Morgan fingerprint density at radius 3 is 2.65 bits per heavy atom. The van der Waals surface area contributed by atoms with E-state index in [0.29, 0.717) is 6.61 Å². The molecule has 1 aromatic heterocycles. The SMILES string of the molecule is CCc1cc(CNC(C)(C)COC)n(CC)n1. The van der Waals surface area contributed by atoms with Gasteiger partial charge in [-0.25, -0.2) is 0 Å². The Labute approximate surface area is 104 Å². The molecule has 0 aliphatic rings. The maximum Gasteiger partial charge on any atom is 0.0639 e.